The highest BCUT2D eigenvalue weighted by atomic mass is 19.1. The van der Waals surface area contributed by atoms with E-state index in [2.05, 4.69) is 11.9 Å². The summed E-state index contributed by atoms with van der Waals surface area (Å²) < 4.78 is 52.5. The fourth-order valence-corrected chi connectivity index (χ4v) is 10.2. The van der Waals surface area contributed by atoms with Crippen LogP contribution in [0.4, 0.5) is 8.78 Å². The van der Waals surface area contributed by atoms with Crippen molar-refractivity contribution in [2.75, 3.05) is 13.2 Å². The fourth-order valence-electron chi connectivity index (χ4n) is 10.2. The minimum atomic E-state index is -2.23. The van der Waals surface area contributed by atoms with Gasteiger partial charge in [-0.05, 0) is 62.0 Å². The zero-order valence-corrected chi connectivity index (χ0v) is 30.7. The summed E-state index contributed by atoms with van der Waals surface area (Å²) in [7, 11) is 0. The number of rotatable bonds is 14. The molecule has 12 atom stereocenters. The first-order chi connectivity index (χ1) is 23.4. The van der Waals surface area contributed by atoms with Crippen LogP contribution in [-0.2, 0) is 28.6 Å². The van der Waals surface area contributed by atoms with Gasteiger partial charge in [0.05, 0.1) is 30.8 Å². The van der Waals surface area contributed by atoms with Crippen LogP contribution < -0.4 is 5.32 Å². The number of aliphatic hydroxyl groups is 2. The molecule has 0 spiro atoms. The molecular weight excluding hydrogens is 648 g/mol. The van der Waals surface area contributed by atoms with Crippen molar-refractivity contribution in [1.82, 2.24) is 5.32 Å². The van der Waals surface area contributed by atoms with Gasteiger partial charge in [-0.25, -0.2) is 8.78 Å². The molecule has 1 aliphatic heterocycles. The van der Waals surface area contributed by atoms with Gasteiger partial charge in [0.15, 0.2) is 29.9 Å². The maximum absolute atomic E-state index is 17.8. The molecule has 1 heterocycles. The molecule has 5 aliphatic rings. The molecule has 0 aromatic carbocycles. The molecule has 0 bridgehead atoms. The fraction of sp³-hybridized carbons (Fsp3) is 0.769. The molecule has 280 valence electrons. The number of nitrogens with one attached hydrogen (secondary N) is 1. The van der Waals surface area contributed by atoms with Crippen molar-refractivity contribution < 1.29 is 47.6 Å². The molecule has 0 aromatic rings. The summed E-state index contributed by atoms with van der Waals surface area (Å²) >= 11 is 0. The Hall–Kier alpha value is -2.31. The molecule has 4 aliphatic carbocycles. The quantitative estimate of drug-likeness (QED) is 0.207. The Balaban J connectivity index is 1.43. The number of ketones is 2. The van der Waals surface area contributed by atoms with Crippen molar-refractivity contribution in [3.05, 3.63) is 36.0 Å². The average molecular weight is 706 g/mol. The van der Waals surface area contributed by atoms with Gasteiger partial charge in [-0.15, -0.1) is 0 Å². The minimum Gasteiger partial charge on any atom is -0.457 e. The van der Waals surface area contributed by atoms with Gasteiger partial charge in [0.25, 0.3) is 0 Å². The van der Waals surface area contributed by atoms with Crippen molar-refractivity contribution in [2.45, 2.75) is 141 Å². The number of alkyl halides is 2. The molecule has 0 amide bonds. The minimum absolute atomic E-state index is 0.0364. The summed E-state index contributed by atoms with van der Waals surface area (Å²) in [6.45, 7) is 15.7. The second-order valence-corrected chi connectivity index (χ2v) is 16.5. The van der Waals surface area contributed by atoms with Gasteiger partial charge < -0.3 is 29.7 Å². The van der Waals surface area contributed by atoms with E-state index in [-0.39, 0.29) is 49.0 Å². The van der Waals surface area contributed by atoms with Gasteiger partial charge in [0.1, 0.15) is 6.17 Å². The lowest BCUT2D eigenvalue weighted by Crippen LogP contribution is -2.70. The second-order valence-electron chi connectivity index (χ2n) is 16.5. The Morgan fingerprint density at radius 1 is 1.16 bits per heavy atom. The van der Waals surface area contributed by atoms with Gasteiger partial charge >= 0.3 is 5.97 Å². The highest BCUT2D eigenvalue weighted by Gasteiger charge is 2.80. The third-order valence-corrected chi connectivity index (χ3v) is 12.4. The Kier molecular flexibility index (Phi) is 11.1. The van der Waals surface area contributed by atoms with E-state index in [0.29, 0.717) is 24.8 Å². The third kappa shape index (κ3) is 6.16. The number of Topliss-reactive ketones (excluding diaryl/α,β-unsaturated/α-hetero) is 2. The molecule has 0 aromatic heterocycles. The highest BCUT2D eigenvalue weighted by Crippen LogP contribution is 2.72. The Labute approximate surface area is 295 Å². The van der Waals surface area contributed by atoms with Gasteiger partial charge in [-0.1, -0.05) is 72.8 Å². The molecular formula is C39H57F2NO8. The first-order valence-corrected chi connectivity index (χ1v) is 18.4. The smallest absolute Gasteiger partial charge is 0.309 e. The topological polar surface area (TPSA) is 131 Å². The molecule has 1 saturated heterocycles. The Bertz CT molecular complexity index is 1410. The van der Waals surface area contributed by atoms with Crippen LogP contribution in [0.3, 0.4) is 0 Å². The van der Waals surface area contributed by atoms with Crippen LogP contribution in [-0.4, -0.2) is 89.0 Å². The molecule has 3 N–H and O–H groups in total. The lowest BCUT2D eigenvalue weighted by molar-refractivity contribution is -0.235. The largest absolute Gasteiger partial charge is 0.457 e. The standard InChI is InChI=1S/C39H57F2NO8/c1-9-10-34-49-33-17-25-26-16-28(40)27-14-23(6)11-12-36(27,7)38(26,41)31(45)18-37(25,8)39(33,50-34)32(46)20-48-35(47)24(13-21(2)3)15-30(44)29(19-43)42-22(4)5/h11-12,14,21-22,24-26,28-29,31,33-34,42-43,45H,6,9-10,13,15-20H2,1-5,7-8H3/t24-,25+,26+,28+,29+,31+,33-,34?,36+,37+,38+,39-/m1/s1. The molecule has 4 fully saturated rings. The van der Waals surface area contributed by atoms with Gasteiger partial charge in [-0.2, -0.15) is 0 Å². The number of carbonyl (C=O) groups excluding carboxylic acids is 3. The van der Waals surface area contributed by atoms with E-state index in [1.807, 2.05) is 34.6 Å². The van der Waals surface area contributed by atoms with E-state index in [1.54, 1.807) is 32.1 Å². The predicted octanol–water partition coefficient (Wildman–Crippen LogP) is 5.28. The highest BCUT2D eigenvalue weighted by molar-refractivity contribution is 5.93. The summed E-state index contributed by atoms with van der Waals surface area (Å²) in [4.78, 5) is 41.2. The average Bonchev–Trinajstić information content (AvgIpc) is 3.52. The lowest BCUT2D eigenvalue weighted by Gasteiger charge is -2.63. The zero-order valence-electron chi connectivity index (χ0n) is 30.7. The normalized spacial score (nSPS) is 40.1. The van der Waals surface area contributed by atoms with E-state index in [0.717, 1.165) is 0 Å². The lowest BCUT2D eigenvalue weighted by atomic mass is 9.44. The van der Waals surface area contributed by atoms with Crippen molar-refractivity contribution in [3.8, 4) is 0 Å². The first-order valence-electron chi connectivity index (χ1n) is 18.4. The molecule has 3 saturated carbocycles. The summed E-state index contributed by atoms with van der Waals surface area (Å²) in [5.41, 5.74) is -5.67. The van der Waals surface area contributed by atoms with Crippen LogP contribution in [0.1, 0.15) is 93.4 Å². The van der Waals surface area contributed by atoms with Crippen molar-refractivity contribution in [2.24, 2.45) is 34.5 Å². The monoisotopic (exact) mass is 705 g/mol. The molecule has 0 radical (unpaired) electrons. The van der Waals surface area contributed by atoms with E-state index < -0.39 is 95.5 Å². The van der Waals surface area contributed by atoms with Crippen LogP contribution in [0.5, 0.6) is 0 Å². The van der Waals surface area contributed by atoms with E-state index in [9.17, 15) is 24.6 Å². The molecule has 9 nitrogen and oxygen atoms in total. The molecule has 1 unspecified atom stereocenters. The van der Waals surface area contributed by atoms with Crippen LogP contribution in [0.2, 0.25) is 0 Å². The summed E-state index contributed by atoms with van der Waals surface area (Å²) in [5, 5.41) is 24.7. The SMILES string of the molecule is C=C1C=C[C@@]2(C)C(=C1)[C@@H](F)C[C@H]1[C@@H]3C[C@H]4OC(CCC)O[C@@]4(C(=O)COC(=O)[C@@H](CC(=O)[C@H](CO)NC(C)C)CC(C)C)[C@@]3(C)C[C@H](O)[C@@]12F. The molecule has 11 heteroatoms. The number of carbonyl (C=O) groups is 3. The van der Waals surface area contributed by atoms with Crippen LogP contribution in [0.25, 0.3) is 0 Å². The van der Waals surface area contributed by atoms with E-state index >= 15 is 8.78 Å². The Morgan fingerprint density at radius 2 is 1.86 bits per heavy atom. The maximum Gasteiger partial charge on any atom is 0.309 e. The number of hydrogen-bond acceptors (Lipinski definition) is 9. The van der Waals surface area contributed by atoms with Gasteiger partial charge in [0, 0.05) is 29.2 Å². The van der Waals surface area contributed by atoms with E-state index in [4.69, 9.17) is 14.2 Å². The summed E-state index contributed by atoms with van der Waals surface area (Å²) in [6, 6.07) is -0.904. The third-order valence-electron chi connectivity index (χ3n) is 12.4. The van der Waals surface area contributed by atoms with Crippen molar-refractivity contribution >= 4 is 17.5 Å². The Morgan fingerprint density at radius 3 is 2.48 bits per heavy atom. The first kappa shape index (κ1) is 38.9. The maximum atomic E-state index is 17.8. The number of hydrogen-bond donors (Lipinski definition) is 3. The zero-order chi connectivity index (χ0) is 37.0. The number of esters is 1. The van der Waals surface area contributed by atoms with Crippen molar-refractivity contribution in [3.63, 3.8) is 0 Å². The number of ether oxygens (including phenoxy) is 3. The number of halogens is 2. The van der Waals surface area contributed by atoms with Gasteiger partial charge in [0.2, 0.25) is 5.78 Å². The van der Waals surface area contributed by atoms with Crippen LogP contribution in [0.15, 0.2) is 36.0 Å². The van der Waals surface area contributed by atoms with Crippen molar-refractivity contribution in [1.29, 1.82) is 0 Å². The van der Waals surface area contributed by atoms with Crippen LogP contribution in [0, 0.1) is 34.5 Å². The molecule has 5 rings (SSSR count). The summed E-state index contributed by atoms with van der Waals surface area (Å²) in [6.07, 6.45) is 1.53. The number of aliphatic hydroxyl groups excluding tert-OH is 2. The summed E-state index contributed by atoms with van der Waals surface area (Å²) in [5.74, 6) is -3.96. The van der Waals surface area contributed by atoms with Crippen LogP contribution >= 0.6 is 0 Å². The number of fused-ring (bicyclic) bond motifs is 7. The van der Waals surface area contributed by atoms with E-state index in [1.165, 1.54) is 0 Å². The predicted molar refractivity (Wildman–Crippen MR) is 183 cm³/mol. The van der Waals surface area contributed by atoms with Gasteiger partial charge in [-0.3, -0.25) is 14.4 Å². The molecule has 50 heavy (non-hydrogen) atoms. The second kappa shape index (κ2) is 14.3. The number of allylic oxidation sites excluding steroid dienone is 5.